The molecule has 0 aliphatic carbocycles. The van der Waals surface area contributed by atoms with Crippen molar-refractivity contribution in [3.8, 4) is 0 Å². The Kier molecular flexibility index (Phi) is 4.50. The van der Waals surface area contributed by atoms with Crippen molar-refractivity contribution in [3.05, 3.63) is 34.1 Å². The number of aliphatic hydroxyl groups is 1. The van der Waals surface area contributed by atoms with Crippen LogP contribution in [0.1, 0.15) is 12.0 Å². The van der Waals surface area contributed by atoms with Gasteiger partial charge in [-0.2, -0.15) is 0 Å². The third kappa shape index (κ3) is 3.74. The van der Waals surface area contributed by atoms with Crippen LogP contribution in [0.5, 0.6) is 0 Å². The summed E-state index contributed by atoms with van der Waals surface area (Å²) >= 11 is 3.12. The first kappa shape index (κ1) is 13.0. The fourth-order valence-electron chi connectivity index (χ4n) is 1.79. The molecule has 0 radical (unpaired) electrons. The molecule has 0 aromatic heterocycles. The Balaban J connectivity index is 1.88. The molecule has 0 amide bonds. The molecule has 1 heterocycles. The van der Waals surface area contributed by atoms with Crippen LogP contribution in [0.15, 0.2) is 22.7 Å². The molecule has 1 N–H and O–H groups in total. The second-order valence-corrected chi connectivity index (χ2v) is 4.87. The number of hydrogen-bond donors (Lipinski definition) is 1. The van der Waals surface area contributed by atoms with Crippen LogP contribution in [0.25, 0.3) is 0 Å². The van der Waals surface area contributed by atoms with Gasteiger partial charge in [-0.15, -0.1) is 0 Å². The highest BCUT2D eigenvalue weighted by atomic mass is 79.9. The normalized spacial score (nSPS) is 18.5. The van der Waals surface area contributed by atoms with Crippen molar-refractivity contribution in [1.29, 1.82) is 0 Å². The van der Waals surface area contributed by atoms with Crippen LogP contribution in [0, 0.1) is 5.82 Å². The molecule has 5 heteroatoms. The summed E-state index contributed by atoms with van der Waals surface area (Å²) in [6, 6.07) is 4.73. The van der Waals surface area contributed by atoms with Gasteiger partial charge in [0.25, 0.3) is 0 Å². The maximum absolute atomic E-state index is 13.0. The average Bonchev–Trinajstić information content (AvgIpc) is 2.76. The van der Waals surface area contributed by atoms with Gasteiger partial charge >= 0.3 is 0 Å². The summed E-state index contributed by atoms with van der Waals surface area (Å²) in [5.74, 6) is -0.300. The highest BCUT2D eigenvalue weighted by molar-refractivity contribution is 9.10. The van der Waals surface area contributed by atoms with Crippen LogP contribution in [0.4, 0.5) is 4.39 Å². The molecule has 1 unspecified atom stereocenters. The topological polar surface area (TPSA) is 38.7 Å². The van der Waals surface area contributed by atoms with Gasteiger partial charge in [-0.3, -0.25) is 0 Å². The molecule has 1 aromatic carbocycles. The lowest BCUT2D eigenvalue weighted by Gasteiger charge is -2.15. The minimum Gasteiger partial charge on any atom is -0.393 e. The molecule has 1 aliphatic heterocycles. The minimum absolute atomic E-state index is 0.300. The lowest BCUT2D eigenvalue weighted by Crippen LogP contribution is -2.20. The zero-order valence-corrected chi connectivity index (χ0v) is 10.8. The summed E-state index contributed by atoms with van der Waals surface area (Å²) < 4.78 is 23.9. The van der Waals surface area contributed by atoms with E-state index in [1.54, 1.807) is 12.1 Å². The number of halogens is 2. The number of rotatable bonds is 4. The zero-order chi connectivity index (χ0) is 12.3. The van der Waals surface area contributed by atoms with Gasteiger partial charge in [-0.05, 0) is 40.0 Å². The lowest BCUT2D eigenvalue weighted by molar-refractivity contribution is -0.0698. The summed E-state index contributed by atoms with van der Waals surface area (Å²) in [6.45, 7) is 1.17. The molecule has 1 aromatic rings. The summed E-state index contributed by atoms with van der Waals surface area (Å²) in [5.41, 5.74) is 0.878. The van der Waals surface area contributed by atoms with Crippen LogP contribution in [-0.2, 0) is 15.9 Å². The number of hydrogen-bond acceptors (Lipinski definition) is 3. The second-order valence-electron chi connectivity index (χ2n) is 4.01. The van der Waals surface area contributed by atoms with E-state index >= 15 is 0 Å². The summed E-state index contributed by atoms with van der Waals surface area (Å²) in [6.07, 6.45) is 0.0428. The van der Waals surface area contributed by atoms with Crippen LogP contribution in [-0.4, -0.2) is 30.7 Å². The highest BCUT2D eigenvalue weighted by Gasteiger charge is 2.20. The van der Waals surface area contributed by atoms with Gasteiger partial charge in [0, 0.05) is 6.42 Å². The molecule has 17 heavy (non-hydrogen) atoms. The maximum Gasteiger partial charge on any atom is 0.160 e. The number of ether oxygens (including phenoxy) is 2. The molecule has 2 rings (SSSR count). The van der Waals surface area contributed by atoms with E-state index in [4.69, 9.17) is 9.47 Å². The van der Waals surface area contributed by atoms with Gasteiger partial charge in [0.1, 0.15) is 5.82 Å². The SMILES string of the molecule is OC(Cc1ccc(F)c(Br)c1)CC1OCCO1. The van der Waals surface area contributed by atoms with Crippen molar-refractivity contribution < 1.29 is 19.0 Å². The standard InChI is InChI=1S/C12H14BrFO3/c13-10-6-8(1-2-11(10)14)5-9(15)7-12-16-3-4-17-12/h1-2,6,9,12,15H,3-5,7H2. The fourth-order valence-corrected chi connectivity index (χ4v) is 2.21. The lowest BCUT2D eigenvalue weighted by atomic mass is 10.1. The minimum atomic E-state index is -0.546. The van der Waals surface area contributed by atoms with Crippen molar-refractivity contribution in [3.63, 3.8) is 0 Å². The predicted molar refractivity (Wildman–Crippen MR) is 64.1 cm³/mol. The Morgan fingerprint density at radius 3 is 2.76 bits per heavy atom. The van der Waals surface area contributed by atoms with E-state index in [1.807, 2.05) is 0 Å². The van der Waals surface area contributed by atoms with E-state index in [2.05, 4.69) is 15.9 Å². The van der Waals surface area contributed by atoms with Crippen molar-refractivity contribution in [2.45, 2.75) is 25.2 Å². The Morgan fingerprint density at radius 1 is 1.41 bits per heavy atom. The first-order valence-corrected chi connectivity index (χ1v) is 6.29. The first-order chi connectivity index (χ1) is 8.15. The molecule has 94 valence electrons. The Morgan fingerprint density at radius 2 is 2.12 bits per heavy atom. The van der Waals surface area contributed by atoms with E-state index < -0.39 is 6.10 Å². The average molecular weight is 305 g/mol. The third-order valence-corrected chi connectivity index (χ3v) is 3.22. The van der Waals surface area contributed by atoms with Gasteiger partial charge < -0.3 is 14.6 Å². The molecule has 0 saturated carbocycles. The highest BCUT2D eigenvalue weighted by Crippen LogP contribution is 2.19. The monoisotopic (exact) mass is 304 g/mol. The fraction of sp³-hybridized carbons (Fsp3) is 0.500. The van der Waals surface area contributed by atoms with E-state index in [1.165, 1.54) is 6.07 Å². The summed E-state index contributed by atoms with van der Waals surface area (Å²) in [4.78, 5) is 0. The Labute approximate surface area is 108 Å². The predicted octanol–water partition coefficient (Wildman–Crippen LogP) is 2.25. The second kappa shape index (κ2) is 5.91. The van der Waals surface area contributed by atoms with Gasteiger partial charge in [0.15, 0.2) is 6.29 Å². The van der Waals surface area contributed by atoms with E-state index in [9.17, 15) is 9.50 Å². The maximum atomic E-state index is 13.0. The molecular formula is C12H14BrFO3. The van der Waals surface area contributed by atoms with Crippen molar-refractivity contribution >= 4 is 15.9 Å². The quantitative estimate of drug-likeness (QED) is 0.927. The zero-order valence-electron chi connectivity index (χ0n) is 9.23. The van der Waals surface area contributed by atoms with E-state index in [0.29, 0.717) is 30.5 Å². The van der Waals surface area contributed by atoms with Gasteiger partial charge in [-0.25, -0.2) is 4.39 Å². The third-order valence-electron chi connectivity index (χ3n) is 2.61. The summed E-state index contributed by atoms with van der Waals surface area (Å²) in [7, 11) is 0. The van der Waals surface area contributed by atoms with E-state index in [0.717, 1.165) is 5.56 Å². The first-order valence-electron chi connectivity index (χ1n) is 5.50. The molecule has 3 nitrogen and oxygen atoms in total. The van der Waals surface area contributed by atoms with Crippen LogP contribution >= 0.6 is 15.9 Å². The number of benzene rings is 1. The molecule has 1 fully saturated rings. The van der Waals surface area contributed by atoms with Crippen LogP contribution in [0.2, 0.25) is 0 Å². The largest absolute Gasteiger partial charge is 0.393 e. The number of aliphatic hydroxyl groups excluding tert-OH is 1. The Bertz CT molecular complexity index is 380. The van der Waals surface area contributed by atoms with Crippen molar-refractivity contribution in [1.82, 2.24) is 0 Å². The van der Waals surface area contributed by atoms with Gasteiger partial charge in [0.2, 0.25) is 0 Å². The molecule has 1 aliphatic rings. The van der Waals surface area contributed by atoms with Crippen molar-refractivity contribution in [2.75, 3.05) is 13.2 Å². The van der Waals surface area contributed by atoms with Crippen LogP contribution < -0.4 is 0 Å². The van der Waals surface area contributed by atoms with Crippen molar-refractivity contribution in [2.24, 2.45) is 0 Å². The smallest absolute Gasteiger partial charge is 0.160 e. The van der Waals surface area contributed by atoms with E-state index in [-0.39, 0.29) is 12.1 Å². The van der Waals surface area contributed by atoms with Gasteiger partial charge in [0.05, 0.1) is 23.8 Å². The Hall–Kier alpha value is -0.490. The molecule has 0 bridgehead atoms. The van der Waals surface area contributed by atoms with Crippen LogP contribution in [0.3, 0.4) is 0 Å². The molecule has 0 spiro atoms. The summed E-state index contributed by atoms with van der Waals surface area (Å²) in [5, 5.41) is 9.85. The molecule has 1 saturated heterocycles. The molecule has 1 atom stereocenters. The molecular weight excluding hydrogens is 291 g/mol. The van der Waals surface area contributed by atoms with Gasteiger partial charge in [-0.1, -0.05) is 6.07 Å².